The molecular weight excluding hydrogens is 388 g/mol. The van der Waals surface area contributed by atoms with Crippen molar-refractivity contribution in [2.75, 3.05) is 23.7 Å². The largest absolute Gasteiger partial charge is 0.371 e. The average Bonchev–Trinajstić information content (AvgIpc) is 2.75. The van der Waals surface area contributed by atoms with Crippen LogP contribution in [-0.2, 0) is 10.5 Å². The molecule has 0 spiro atoms. The van der Waals surface area contributed by atoms with Gasteiger partial charge in [0, 0.05) is 42.2 Å². The molecule has 1 amide bonds. The Labute approximate surface area is 174 Å². The van der Waals surface area contributed by atoms with Gasteiger partial charge in [-0.3, -0.25) is 14.9 Å². The number of benzene rings is 2. The number of hydrogen-bond acceptors (Lipinski definition) is 6. The number of anilines is 1. The summed E-state index contributed by atoms with van der Waals surface area (Å²) in [7, 11) is 0. The van der Waals surface area contributed by atoms with E-state index in [4.69, 9.17) is 0 Å². The second kappa shape index (κ2) is 10.6. The zero-order valence-corrected chi connectivity index (χ0v) is 16.9. The Kier molecular flexibility index (Phi) is 7.63. The molecule has 0 bridgehead atoms. The summed E-state index contributed by atoms with van der Waals surface area (Å²) in [5.41, 5.74) is 5.24. The minimum Gasteiger partial charge on any atom is -0.371 e. The predicted molar refractivity (Wildman–Crippen MR) is 118 cm³/mol. The van der Waals surface area contributed by atoms with Crippen LogP contribution < -0.4 is 10.3 Å². The minimum absolute atomic E-state index is 0.0111. The van der Waals surface area contributed by atoms with Gasteiger partial charge in [-0.15, -0.1) is 11.8 Å². The SMILES string of the molecule is O=C(CSCc1ccccc1)N/N=C\c1cc([N+](=O)[O-])ccc1N1CCCCC1. The molecule has 8 heteroatoms. The standard InChI is InChI=1S/C21H24N4O3S/c26-21(16-29-15-17-7-3-1-4-8-17)23-22-14-18-13-19(25(27)28)9-10-20(18)24-11-5-2-6-12-24/h1,3-4,7-10,13-14H,2,5-6,11-12,15-16H2,(H,23,26)/b22-14-. The molecule has 29 heavy (non-hydrogen) atoms. The zero-order valence-electron chi connectivity index (χ0n) is 16.1. The molecule has 1 aliphatic rings. The van der Waals surface area contributed by atoms with Crippen molar-refractivity contribution in [3.8, 4) is 0 Å². The molecule has 1 N–H and O–H groups in total. The number of hydrogen-bond donors (Lipinski definition) is 1. The summed E-state index contributed by atoms with van der Waals surface area (Å²) in [6.07, 6.45) is 4.90. The normalized spacial score (nSPS) is 14.1. The fourth-order valence-corrected chi connectivity index (χ4v) is 4.00. The molecule has 0 aliphatic carbocycles. The second-order valence-electron chi connectivity index (χ2n) is 6.82. The molecule has 0 unspecified atom stereocenters. The number of non-ortho nitro benzene ring substituents is 1. The third-order valence-corrected chi connectivity index (χ3v) is 5.66. The Bertz CT molecular complexity index is 867. The summed E-state index contributed by atoms with van der Waals surface area (Å²) >= 11 is 1.51. The number of hydrazone groups is 1. The molecule has 0 aromatic heterocycles. The van der Waals surface area contributed by atoms with E-state index in [9.17, 15) is 14.9 Å². The number of nitro benzene ring substituents is 1. The van der Waals surface area contributed by atoms with Gasteiger partial charge in [0.15, 0.2) is 0 Å². The first-order valence-electron chi connectivity index (χ1n) is 9.60. The van der Waals surface area contributed by atoms with Crippen LogP contribution in [0.2, 0.25) is 0 Å². The van der Waals surface area contributed by atoms with Crippen LogP contribution in [0, 0.1) is 10.1 Å². The van der Waals surface area contributed by atoms with Crippen LogP contribution in [0.5, 0.6) is 0 Å². The first kappa shape index (κ1) is 20.9. The van der Waals surface area contributed by atoms with Gasteiger partial charge < -0.3 is 4.90 Å². The number of rotatable bonds is 8. The molecule has 1 fully saturated rings. The van der Waals surface area contributed by atoms with Crippen LogP contribution in [0.15, 0.2) is 53.6 Å². The van der Waals surface area contributed by atoms with Gasteiger partial charge >= 0.3 is 0 Å². The third kappa shape index (κ3) is 6.32. The fourth-order valence-electron chi connectivity index (χ4n) is 3.22. The number of piperidine rings is 1. The quantitative estimate of drug-likeness (QED) is 0.403. The molecule has 0 saturated carbocycles. The number of carbonyl (C=O) groups excluding carboxylic acids is 1. The van der Waals surface area contributed by atoms with Crippen molar-refractivity contribution < 1.29 is 9.72 Å². The summed E-state index contributed by atoms with van der Waals surface area (Å²) in [5, 5.41) is 15.2. The molecular formula is C21H24N4O3S. The van der Waals surface area contributed by atoms with Crippen LogP contribution in [0.25, 0.3) is 0 Å². The predicted octanol–water partition coefficient (Wildman–Crippen LogP) is 3.97. The summed E-state index contributed by atoms with van der Waals surface area (Å²) < 4.78 is 0. The van der Waals surface area contributed by atoms with Crippen molar-refractivity contribution >= 4 is 35.3 Å². The van der Waals surface area contributed by atoms with Crippen molar-refractivity contribution in [2.45, 2.75) is 25.0 Å². The minimum atomic E-state index is -0.421. The fraction of sp³-hybridized carbons (Fsp3) is 0.333. The number of nitrogens with zero attached hydrogens (tertiary/aromatic N) is 3. The lowest BCUT2D eigenvalue weighted by atomic mass is 10.1. The number of thioether (sulfide) groups is 1. The highest BCUT2D eigenvalue weighted by molar-refractivity contribution is 7.99. The maximum absolute atomic E-state index is 12.0. The lowest BCUT2D eigenvalue weighted by molar-refractivity contribution is -0.384. The van der Waals surface area contributed by atoms with Gasteiger partial charge in [0.1, 0.15) is 0 Å². The Hall–Kier alpha value is -2.87. The lowest BCUT2D eigenvalue weighted by Gasteiger charge is -2.29. The second-order valence-corrected chi connectivity index (χ2v) is 7.81. The molecule has 1 aliphatic heterocycles. The summed E-state index contributed by atoms with van der Waals surface area (Å²) in [6.45, 7) is 1.84. The van der Waals surface area contributed by atoms with Gasteiger partial charge in [-0.25, -0.2) is 5.43 Å². The molecule has 3 rings (SSSR count). The van der Waals surface area contributed by atoms with Crippen molar-refractivity contribution in [1.82, 2.24) is 5.43 Å². The maximum atomic E-state index is 12.0. The van der Waals surface area contributed by atoms with Crippen LogP contribution in [0.4, 0.5) is 11.4 Å². The van der Waals surface area contributed by atoms with E-state index < -0.39 is 4.92 Å². The van der Waals surface area contributed by atoms with Crippen molar-refractivity contribution in [1.29, 1.82) is 0 Å². The van der Waals surface area contributed by atoms with E-state index in [1.807, 2.05) is 30.3 Å². The van der Waals surface area contributed by atoms with Gasteiger partial charge in [0.25, 0.3) is 5.69 Å². The highest BCUT2D eigenvalue weighted by Crippen LogP contribution is 2.26. The Morgan fingerprint density at radius 1 is 1.17 bits per heavy atom. The van der Waals surface area contributed by atoms with Crippen molar-refractivity contribution in [3.05, 3.63) is 69.8 Å². The molecule has 2 aromatic rings. The molecule has 1 heterocycles. The van der Waals surface area contributed by atoms with Crippen molar-refractivity contribution in [3.63, 3.8) is 0 Å². The van der Waals surface area contributed by atoms with E-state index >= 15 is 0 Å². The smallest absolute Gasteiger partial charge is 0.270 e. The van der Waals surface area contributed by atoms with Crippen molar-refractivity contribution in [2.24, 2.45) is 5.10 Å². The van der Waals surface area contributed by atoms with E-state index in [1.54, 1.807) is 6.07 Å². The number of nitro groups is 1. The highest BCUT2D eigenvalue weighted by atomic mass is 32.2. The van der Waals surface area contributed by atoms with E-state index in [2.05, 4.69) is 15.4 Å². The molecule has 0 atom stereocenters. The van der Waals surface area contributed by atoms with Gasteiger partial charge in [0.2, 0.25) is 5.91 Å². The molecule has 0 radical (unpaired) electrons. The summed E-state index contributed by atoms with van der Waals surface area (Å²) in [6, 6.07) is 14.7. The van der Waals surface area contributed by atoms with Gasteiger partial charge in [-0.05, 0) is 30.9 Å². The number of carbonyl (C=O) groups is 1. The molecule has 2 aromatic carbocycles. The Morgan fingerprint density at radius 2 is 1.93 bits per heavy atom. The number of amides is 1. The Morgan fingerprint density at radius 3 is 2.66 bits per heavy atom. The lowest BCUT2D eigenvalue weighted by Crippen LogP contribution is -2.30. The Balaban J connectivity index is 1.59. The van der Waals surface area contributed by atoms with E-state index in [1.165, 1.54) is 36.5 Å². The van der Waals surface area contributed by atoms with Gasteiger partial charge in [0.05, 0.1) is 16.9 Å². The highest BCUT2D eigenvalue weighted by Gasteiger charge is 2.17. The van der Waals surface area contributed by atoms with E-state index in [0.29, 0.717) is 11.3 Å². The first-order chi connectivity index (χ1) is 14.1. The van der Waals surface area contributed by atoms with Crippen LogP contribution in [-0.4, -0.2) is 35.9 Å². The maximum Gasteiger partial charge on any atom is 0.270 e. The topological polar surface area (TPSA) is 87.8 Å². The zero-order chi connectivity index (χ0) is 20.5. The van der Waals surface area contributed by atoms with Crippen LogP contribution in [0.1, 0.15) is 30.4 Å². The summed E-state index contributed by atoms with van der Waals surface area (Å²) in [5.74, 6) is 0.842. The number of nitrogens with one attached hydrogen (secondary N) is 1. The molecule has 1 saturated heterocycles. The third-order valence-electron chi connectivity index (χ3n) is 4.66. The van der Waals surface area contributed by atoms with Gasteiger partial charge in [-0.1, -0.05) is 30.3 Å². The molecule has 152 valence electrons. The average molecular weight is 413 g/mol. The van der Waals surface area contributed by atoms with E-state index in [-0.39, 0.29) is 11.6 Å². The first-order valence-corrected chi connectivity index (χ1v) is 10.8. The van der Waals surface area contributed by atoms with E-state index in [0.717, 1.165) is 42.9 Å². The summed E-state index contributed by atoms with van der Waals surface area (Å²) in [4.78, 5) is 24.9. The van der Waals surface area contributed by atoms with Crippen LogP contribution in [0.3, 0.4) is 0 Å². The monoisotopic (exact) mass is 412 g/mol. The van der Waals surface area contributed by atoms with Gasteiger partial charge in [-0.2, -0.15) is 5.10 Å². The van der Waals surface area contributed by atoms with Crippen LogP contribution >= 0.6 is 11.8 Å². The molecule has 7 nitrogen and oxygen atoms in total.